The van der Waals surface area contributed by atoms with Gasteiger partial charge in [-0.05, 0) is 59.0 Å². The molecule has 35 heavy (non-hydrogen) atoms. The van der Waals surface area contributed by atoms with Crippen molar-refractivity contribution in [2.75, 3.05) is 18.5 Å². The summed E-state index contributed by atoms with van der Waals surface area (Å²) in [6.07, 6.45) is 0. The summed E-state index contributed by atoms with van der Waals surface area (Å²) < 4.78 is 33.3. The first kappa shape index (κ1) is 24.3. The number of fused-ring (bicyclic) bond motifs is 1. The smallest absolute Gasteiger partial charge is 0.352 e. The standard InChI is InChI=1S/C27H28N2O5S/c1-27(2,3)18-9-12-21(13-10-18)35(32,33)29(4)19-11-14-23-22(16-19)24(25(28-23)26(30)31)17-7-6-8-20(15-17)34-5/h6-16,28H,1-5H3,(H,30,31). The van der Waals surface area contributed by atoms with Gasteiger partial charge in [-0.2, -0.15) is 0 Å². The van der Waals surface area contributed by atoms with Crippen molar-refractivity contribution in [1.82, 2.24) is 4.98 Å². The monoisotopic (exact) mass is 492 g/mol. The number of hydrogen-bond acceptors (Lipinski definition) is 4. The molecule has 1 aromatic heterocycles. The fourth-order valence-electron chi connectivity index (χ4n) is 4.04. The Labute approximate surface area is 205 Å². The summed E-state index contributed by atoms with van der Waals surface area (Å²) in [4.78, 5) is 15.1. The SMILES string of the molecule is COc1cccc(-c2c(C(=O)O)[nH]c3ccc(N(C)S(=O)(=O)c4ccc(C(C)(C)C)cc4)cc23)c1. The average molecular weight is 493 g/mol. The molecule has 0 aliphatic rings. The van der Waals surface area contributed by atoms with E-state index in [1.807, 2.05) is 12.1 Å². The first-order chi connectivity index (χ1) is 16.4. The molecule has 0 radical (unpaired) electrons. The molecule has 0 amide bonds. The highest BCUT2D eigenvalue weighted by Gasteiger charge is 2.25. The number of H-pyrrole nitrogens is 1. The lowest BCUT2D eigenvalue weighted by molar-refractivity contribution is 0.0692. The zero-order valence-corrected chi connectivity index (χ0v) is 21.1. The van der Waals surface area contributed by atoms with Gasteiger partial charge >= 0.3 is 5.97 Å². The largest absolute Gasteiger partial charge is 0.497 e. The molecule has 0 saturated heterocycles. The fraction of sp³-hybridized carbons (Fsp3) is 0.222. The molecule has 4 rings (SSSR count). The number of methoxy groups -OCH3 is 1. The van der Waals surface area contributed by atoms with E-state index in [0.717, 1.165) is 5.56 Å². The minimum absolute atomic E-state index is 0.0219. The van der Waals surface area contributed by atoms with Crippen LogP contribution in [0.3, 0.4) is 0 Å². The second-order valence-electron chi connectivity index (χ2n) is 9.39. The number of hydrogen-bond donors (Lipinski definition) is 2. The number of aromatic amines is 1. The lowest BCUT2D eigenvalue weighted by atomic mass is 9.87. The molecule has 0 aliphatic carbocycles. The maximum atomic E-state index is 13.4. The number of carbonyl (C=O) groups is 1. The third-order valence-electron chi connectivity index (χ3n) is 6.10. The van der Waals surface area contributed by atoms with E-state index in [4.69, 9.17) is 4.74 Å². The van der Waals surface area contributed by atoms with Gasteiger partial charge in [0.2, 0.25) is 0 Å². The van der Waals surface area contributed by atoms with Crippen LogP contribution in [-0.2, 0) is 15.4 Å². The van der Waals surface area contributed by atoms with Gasteiger partial charge in [-0.3, -0.25) is 4.31 Å². The summed E-state index contributed by atoms with van der Waals surface area (Å²) in [5.74, 6) is -0.525. The number of ether oxygens (including phenoxy) is 1. The molecule has 7 nitrogen and oxygen atoms in total. The third-order valence-corrected chi connectivity index (χ3v) is 7.90. The number of nitrogens with zero attached hydrogens (tertiary/aromatic N) is 1. The predicted octanol–water partition coefficient (Wildman–Crippen LogP) is 5.66. The Hall–Kier alpha value is -3.78. The van der Waals surface area contributed by atoms with E-state index in [-0.39, 0.29) is 16.0 Å². The van der Waals surface area contributed by atoms with Crippen molar-refractivity contribution >= 4 is 32.6 Å². The van der Waals surface area contributed by atoms with Crippen LogP contribution in [0.4, 0.5) is 5.69 Å². The number of benzene rings is 3. The Morgan fingerprint density at radius 2 is 1.69 bits per heavy atom. The Bertz CT molecular complexity index is 1510. The molecule has 0 atom stereocenters. The Kier molecular flexibility index (Phi) is 6.11. The molecule has 0 spiro atoms. The van der Waals surface area contributed by atoms with Crippen molar-refractivity contribution < 1.29 is 23.1 Å². The zero-order valence-electron chi connectivity index (χ0n) is 20.3. The maximum absolute atomic E-state index is 13.4. The van der Waals surface area contributed by atoms with Gasteiger partial charge in [0.25, 0.3) is 10.0 Å². The summed E-state index contributed by atoms with van der Waals surface area (Å²) in [6, 6.07) is 19.0. The number of nitrogens with one attached hydrogen (secondary N) is 1. The summed E-state index contributed by atoms with van der Waals surface area (Å²) in [6.45, 7) is 6.21. The van der Waals surface area contributed by atoms with E-state index in [0.29, 0.717) is 33.5 Å². The van der Waals surface area contributed by atoms with Crippen LogP contribution in [0.15, 0.2) is 71.6 Å². The van der Waals surface area contributed by atoms with Crippen LogP contribution >= 0.6 is 0 Å². The highest BCUT2D eigenvalue weighted by atomic mass is 32.2. The topological polar surface area (TPSA) is 99.7 Å². The average Bonchev–Trinajstić information content (AvgIpc) is 3.22. The molecule has 0 saturated carbocycles. The van der Waals surface area contributed by atoms with Crippen LogP contribution in [-0.4, -0.2) is 38.6 Å². The van der Waals surface area contributed by atoms with E-state index in [1.54, 1.807) is 61.7 Å². The van der Waals surface area contributed by atoms with Gasteiger partial charge in [0, 0.05) is 23.5 Å². The van der Waals surface area contributed by atoms with Crippen molar-refractivity contribution in [2.24, 2.45) is 0 Å². The lowest BCUT2D eigenvalue weighted by Gasteiger charge is -2.22. The van der Waals surface area contributed by atoms with Gasteiger partial charge in [-0.25, -0.2) is 13.2 Å². The molecule has 8 heteroatoms. The van der Waals surface area contributed by atoms with E-state index < -0.39 is 16.0 Å². The van der Waals surface area contributed by atoms with Gasteiger partial charge in [-0.1, -0.05) is 45.0 Å². The van der Waals surface area contributed by atoms with Crippen LogP contribution in [0, 0.1) is 0 Å². The normalized spacial score (nSPS) is 12.0. The first-order valence-electron chi connectivity index (χ1n) is 11.1. The Morgan fingerprint density at radius 3 is 2.29 bits per heavy atom. The quantitative estimate of drug-likeness (QED) is 0.362. The molecule has 182 valence electrons. The summed E-state index contributed by atoms with van der Waals surface area (Å²) in [7, 11) is -0.804. The minimum atomic E-state index is -3.83. The van der Waals surface area contributed by atoms with Crippen molar-refractivity contribution in [2.45, 2.75) is 31.1 Å². The number of anilines is 1. The van der Waals surface area contributed by atoms with Crippen molar-refractivity contribution in [3.63, 3.8) is 0 Å². The zero-order chi connectivity index (χ0) is 25.5. The fourth-order valence-corrected chi connectivity index (χ4v) is 5.23. The van der Waals surface area contributed by atoms with Gasteiger partial charge in [-0.15, -0.1) is 0 Å². The second kappa shape index (κ2) is 8.78. The molecule has 2 N–H and O–H groups in total. The van der Waals surface area contributed by atoms with E-state index in [9.17, 15) is 18.3 Å². The number of rotatable bonds is 6. The summed E-state index contributed by atoms with van der Waals surface area (Å²) in [5.41, 5.74) is 3.08. The number of aromatic nitrogens is 1. The first-order valence-corrected chi connectivity index (χ1v) is 12.5. The van der Waals surface area contributed by atoms with Crippen molar-refractivity contribution in [3.8, 4) is 16.9 Å². The van der Waals surface area contributed by atoms with E-state index in [1.165, 1.54) is 11.4 Å². The molecule has 0 bridgehead atoms. The minimum Gasteiger partial charge on any atom is -0.497 e. The summed E-state index contributed by atoms with van der Waals surface area (Å²) in [5, 5.41) is 10.4. The molecular formula is C27H28N2O5S. The van der Waals surface area contributed by atoms with Crippen molar-refractivity contribution in [3.05, 3.63) is 78.0 Å². The van der Waals surface area contributed by atoms with E-state index >= 15 is 0 Å². The predicted molar refractivity (Wildman–Crippen MR) is 138 cm³/mol. The van der Waals surface area contributed by atoms with Crippen LogP contribution < -0.4 is 9.04 Å². The number of aromatic carboxylic acids is 1. The maximum Gasteiger partial charge on any atom is 0.352 e. The lowest BCUT2D eigenvalue weighted by Crippen LogP contribution is -2.26. The summed E-state index contributed by atoms with van der Waals surface area (Å²) >= 11 is 0. The van der Waals surface area contributed by atoms with Crippen molar-refractivity contribution in [1.29, 1.82) is 0 Å². The van der Waals surface area contributed by atoms with Gasteiger partial charge < -0.3 is 14.8 Å². The molecule has 3 aromatic carbocycles. The number of sulfonamides is 1. The molecular weight excluding hydrogens is 464 g/mol. The van der Waals surface area contributed by atoms with Gasteiger partial charge in [0.1, 0.15) is 11.4 Å². The van der Waals surface area contributed by atoms with Gasteiger partial charge in [0.05, 0.1) is 17.7 Å². The number of carboxylic acids is 1. The number of carboxylic acid groups (broad SMARTS) is 1. The Morgan fingerprint density at radius 1 is 1.00 bits per heavy atom. The molecule has 4 aromatic rings. The van der Waals surface area contributed by atoms with E-state index in [2.05, 4.69) is 25.8 Å². The second-order valence-corrected chi connectivity index (χ2v) is 11.4. The highest BCUT2D eigenvalue weighted by Crippen LogP contribution is 2.37. The third kappa shape index (κ3) is 4.49. The van der Waals surface area contributed by atoms with Crippen LogP contribution in [0.5, 0.6) is 5.75 Å². The molecule has 0 unspecified atom stereocenters. The Balaban J connectivity index is 1.82. The molecule has 1 heterocycles. The highest BCUT2D eigenvalue weighted by molar-refractivity contribution is 7.92. The van der Waals surface area contributed by atoms with Gasteiger partial charge in [0.15, 0.2) is 0 Å². The molecule has 0 fully saturated rings. The molecule has 0 aliphatic heterocycles. The van der Waals surface area contributed by atoms with Crippen LogP contribution in [0.2, 0.25) is 0 Å². The van der Waals surface area contributed by atoms with Crippen LogP contribution in [0.25, 0.3) is 22.0 Å². The van der Waals surface area contributed by atoms with Crippen LogP contribution in [0.1, 0.15) is 36.8 Å².